The average Bonchev–Trinajstić information content (AvgIpc) is 2.43. The molecule has 0 radical (unpaired) electrons. The third kappa shape index (κ3) is 3.03. The minimum atomic E-state index is -0.858. The fourth-order valence-electron chi connectivity index (χ4n) is 1.85. The van der Waals surface area contributed by atoms with Crippen molar-refractivity contribution in [1.29, 1.82) is 0 Å². The second kappa shape index (κ2) is 5.99. The first-order valence-electron chi connectivity index (χ1n) is 5.73. The lowest BCUT2D eigenvalue weighted by Gasteiger charge is -2.14. The molecular formula is C14H13ClFNO2. The molecule has 19 heavy (non-hydrogen) atoms. The summed E-state index contributed by atoms with van der Waals surface area (Å²) < 4.78 is 18.4. The summed E-state index contributed by atoms with van der Waals surface area (Å²) in [5.41, 5.74) is 1.09. The van der Waals surface area contributed by atoms with E-state index in [1.165, 1.54) is 13.2 Å². The number of ether oxygens (including phenoxy) is 1. The molecule has 2 aromatic rings. The van der Waals surface area contributed by atoms with Crippen molar-refractivity contribution in [2.45, 2.75) is 12.5 Å². The lowest BCUT2D eigenvalue weighted by Crippen LogP contribution is -2.06. The highest BCUT2D eigenvalue weighted by molar-refractivity contribution is 6.31. The van der Waals surface area contributed by atoms with E-state index in [0.717, 1.165) is 0 Å². The Morgan fingerprint density at radius 3 is 2.89 bits per heavy atom. The van der Waals surface area contributed by atoms with Crippen molar-refractivity contribution in [3.63, 3.8) is 0 Å². The van der Waals surface area contributed by atoms with Crippen LogP contribution in [0.25, 0.3) is 0 Å². The van der Waals surface area contributed by atoms with Crippen LogP contribution in [0, 0.1) is 5.82 Å². The van der Waals surface area contributed by atoms with E-state index in [0.29, 0.717) is 17.0 Å². The van der Waals surface area contributed by atoms with E-state index in [-0.39, 0.29) is 11.4 Å². The summed E-state index contributed by atoms with van der Waals surface area (Å²) in [5.74, 6) is -0.146. The largest absolute Gasteiger partial charge is 0.481 e. The van der Waals surface area contributed by atoms with Gasteiger partial charge in [-0.3, -0.25) is 0 Å². The Balaban J connectivity index is 2.26. The fraction of sp³-hybridized carbons (Fsp3) is 0.214. The van der Waals surface area contributed by atoms with E-state index in [1.54, 1.807) is 30.5 Å². The lowest BCUT2D eigenvalue weighted by molar-refractivity contribution is 0.173. The van der Waals surface area contributed by atoms with Crippen LogP contribution in [-0.2, 0) is 6.42 Å². The number of methoxy groups -OCH3 is 1. The summed E-state index contributed by atoms with van der Waals surface area (Å²) >= 11 is 5.87. The Hall–Kier alpha value is -1.65. The van der Waals surface area contributed by atoms with Crippen molar-refractivity contribution < 1.29 is 14.2 Å². The summed E-state index contributed by atoms with van der Waals surface area (Å²) in [6.45, 7) is 0. The predicted octanol–water partition coefficient (Wildman–Crippen LogP) is 3.16. The van der Waals surface area contributed by atoms with Gasteiger partial charge in [-0.25, -0.2) is 9.37 Å². The van der Waals surface area contributed by atoms with Gasteiger partial charge in [-0.2, -0.15) is 0 Å². The van der Waals surface area contributed by atoms with Crippen LogP contribution in [0.5, 0.6) is 5.88 Å². The second-order valence-corrected chi connectivity index (χ2v) is 4.41. The van der Waals surface area contributed by atoms with E-state index < -0.39 is 11.9 Å². The zero-order valence-electron chi connectivity index (χ0n) is 10.3. The molecule has 3 nitrogen and oxygen atoms in total. The molecule has 5 heteroatoms. The van der Waals surface area contributed by atoms with Crippen LogP contribution in [0.15, 0.2) is 36.5 Å². The van der Waals surface area contributed by atoms with Gasteiger partial charge in [0.05, 0.1) is 18.2 Å². The monoisotopic (exact) mass is 281 g/mol. The third-order valence-electron chi connectivity index (χ3n) is 2.80. The number of aliphatic hydroxyl groups excluding tert-OH is 1. The maximum absolute atomic E-state index is 13.3. The standard InChI is InChI=1S/C14H13ClFNO2/c1-19-14-10(5-3-7-17-14)12(18)8-9-4-2-6-11(16)13(9)15/h2-7,12,18H,8H2,1H3. The highest BCUT2D eigenvalue weighted by atomic mass is 35.5. The quantitative estimate of drug-likeness (QED) is 0.936. The molecule has 100 valence electrons. The van der Waals surface area contributed by atoms with Crippen LogP contribution >= 0.6 is 11.6 Å². The molecule has 1 aromatic carbocycles. The van der Waals surface area contributed by atoms with E-state index >= 15 is 0 Å². The molecular weight excluding hydrogens is 269 g/mol. The highest BCUT2D eigenvalue weighted by Gasteiger charge is 2.16. The van der Waals surface area contributed by atoms with Crippen molar-refractivity contribution in [1.82, 2.24) is 4.98 Å². The molecule has 0 saturated carbocycles. The molecule has 0 bridgehead atoms. The number of benzene rings is 1. The molecule has 0 saturated heterocycles. The lowest BCUT2D eigenvalue weighted by atomic mass is 10.0. The van der Waals surface area contributed by atoms with Gasteiger partial charge >= 0.3 is 0 Å². The Morgan fingerprint density at radius 1 is 1.37 bits per heavy atom. The zero-order chi connectivity index (χ0) is 13.8. The van der Waals surface area contributed by atoms with Gasteiger partial charge in [0.25, 0.3) is 0 Å². The molecule has 2 rings (SSSR count). The Bertz CT molecular complexity index is 577. The van der Waals surface area contributed by atoms with Crippen molar-refractivity contribution in [2.75, 3.05) is 7.11 Å². The van der Waals surface area contributed by atoms with Gasteiger partial charge in [0, 0.05) is 18.2 Å². The Kier molecular flexibility index (Phi) is 4.35. The topological polar surface area (TPSA) is 42.4 Å². The number of aliphatic hydroxyl groups is 1. The molecule has 1 unspecified atom stereocenters. The van der Waals surface area contributed by atoms with Crippen molar-refractivity contribution in [2.24, 2.45) is 0 Å². The molecule has 0 aliphatic rings. The van der Waals surface area contributed by atoms with E-state index in [2.05, 4.69) is 4.98 Å². The van der Waals surface area contributed by atoms with Gasteiger partial charge in [-0.1, -0.05) is 23.7 Å². The Morgan fingerprint density at radius 2 is 2.16 bits per heavy atom. The Labute approximate surface area is 115 Å². The minimum absolute atomic E-state index is 0.0319. The van der Waals surface area contributed by atoms with Crippen LogP contribution in [-0.4, -0.2) is 17.2 Å². The molecule has 1 atom stereocenters. The van der Waals surface area contributed by atoms with Gasteiger partial charge in [-0.05, 0) is 23.8 Å². The summed E-state index contributed by atoms with van der Waals surface area (Å²) in [4.78, 5) is 4.01. The number of aromatic nitrogens is 1. The number of rotatable bonds is 4. The summed E-state index contributed by atoms with van der Waals surface area (Å²) in [7, 11) is 1.48. The maximum Gasteiger partial charge on any atom is 0.218 e. The maximum atomic E-state index is 13.3. The summed E-state index contributed by atoms with van der Waals surface area (Å²) in [6.07, 6.45) is 0.908. The van der Waals surface area contributed by atoms with Crippen molar-refractivity contribution >= 4 is 11.6 Å². The first-order valence-corrected chi connectivity index (χ1v) is 6.11. The van der Waals surface area contributed by atoms with E-state index in [1.807, 2.05) is 0 Å². The number of hydrogen-bond acceptors (Lipinski definition) is 3. The van der Waals surface area contributed by atoms with Gasteiger partial charge in [0.1, 0.15) is 5.82 Å². The molecule has 0 spiro atoms. The van der Waals surface area contributed by atoms with Gasteiger partial charge in [0.15, 0.2) is 0 Å². The number of halogens is 2. The predicted molar refractivity (Wildman–Crippen MR) is 70.9 cm³/mol. The third-order valence-corrected chi connectivity index (χ3v) is 3.22. The minimum Gasteiger partial charge on any atom is -0.481 e. The molecule has 0 aliphatic carbocycles. The van der Waals surface area contributed by atoms with E-state index in [4.69, 9.17) is 16.3 Å². The normalized spacial score (nSPS) is 12.2. The van der Waals surface area contributed by atoms with Gasteiger partial charge in [-0.15, -0.1) is 0 Å². The number of hydrogen-bond donors (Lipinski definition) is 1. The molecule has 1 heterocycles. The van der Waals surface area contributed by atoms with Crippen molar-refractivity contribution in [3.8, 4) is 5.88 Å². The van der Waals surface area contributed by atoms with Crippen LogP contribution in [0.2, 0.25) is 5.02 Å². The fourth-order valence-corrected chi connectivity index (χ4v) is 2.05. The molecule has 0 amide bonds. The highest BCUT2D eigenvalue weighted by Crippen LogP contribution is 2.28. The first kappa shape index (κ1) is 13.8. The van der Waals surface area contributed by atoms with Crippen LogP contribution in [0.4, 0.5) is 4.39 Å². The SMILES string of the molecule is COc1ncccc1C(O)Cc1cccc(F)c1Cl. The molecule has 1 aromatic heterocycles. The van der Waals surface area contributed by atoms with Crippen molar-refractivity contribution in [3.05, 3.63) is 58.5 Å². The van der Waals surface area contributed by atoms with E-state index in [9.17, 15) is 9.50 Å². The first-order chi connectivity index (χ1) is 9.13. The molecule has 1 N–H and O–H groups in total. The number of pyridine rings is 1. The zero-order valence-corrected chi connectivity index (χ0v) is 11.1. The molecule has 0 aliphatic heterocycles. The summed E-state index contributed by atoms with van der Waals surface area (Å²) in [6, 6.07) is 7.93. The second-order valence-electron chi connectivity index (χ2n) is 4.03. The smallest absolute Gasteiger partial charge is 0.218 e. The van der Waals surface area contributed by atoms with Gasteiger partial charge in [0.2, 0.25) is 5.88 Å². The van der Waals surface area contributed by atoms with Crippen LogP contribution in [0.3, 0.4) is 0 Å². The van der Waals surface area contributed by atoms with Gasteiger partial charge < -0.3 is 9.84 Å². The molecule has 0 fully saturated rings. The van der Waals surface area contributed by atoms with Crippen LogP contribution in [0.1, 0.15) is 17.2 Å². The number of nitrogens with zero attached hydrogens (tertiary/aromatic N) is 1. The van der Waals surface area contributed by atoms with Crippen LogP contribution < -0.4 is 4.74 Å². The summed E-state index contributed by atoms with van der Waals surface area (Å²) in [5, 5.41) is 10.2. The average molecular weight is 282 g/mol.